The van der Waals surface area contributed by atoms with E-state index in [0.717, 1.165) is 17.7 Å². The van der Waals surface area contributed by atoms with E-state index in [1.165, 1.54) is 6.26 Å². The van der Waals surface area contributed by atoms with E-state index >= 15 is 0 Å². The number of hydrogen-bond donors (Lipinski definition) is 1. The molecule has 0 aromatic carbocycles. The summed E-state index contributed by atoms with van der Waals surface area (Å²) in [6.07, 6.45) is 2.02. The molecule has 3 heteroatoms. The molecule has 0 spiro atoms. The van der Waals surface area contributed by atoms with E-state index in [1.54, 1.807) is 0 Å². The van der Waals surface area contributed by atoms with Gasteiger partial charge in [-0.2, -0.15) is 0 Å². The molecule has 1 aromatic heterocycles. The van der Waals surface area contributed by atoms with Crippen LogP contribution in [0.5, 0.6) is 0 Å². The number of fused-ring (bicyclic) bond motifs is 1. The zero-order chi connectivity index (χ0) is 6.43. The van der Waals surface area contributed by atoms with Gasteiger partial charge >= 0.3 is 5.97 Å². The van der Waals surface area contributed by atoms with Crippen LogP contribution in [0.4, 0.5) is 0 Å². The molecule has 2 rings (SSSR count). The molecule has 0 aliphatic heterocycles. The molecule has 1 aromatic rings. The quantitative estimate of drug-likeness (QED) is 0.613. The molecule has 3 nitrogen and oxygen atoms in total. The van der Waals surface area contributed by atoms with E-state index in [4.69, 9.17) is 9.52 Å². The maximum atomic E-state index is 10.3. The highest BCUT2D eigenvalue weighted by Crippen LogP contribution is 2.32. The Bertz CT molecular complexity index is 272. The van der Waals surface area contributed by atoms with Gasteiger partial charge < -0.3 is 9.52 Å². The van der Waals surface area contributed by atoms with Crippen LogP contribution in [0.25, 0.3) is 0 Å². The van der Waals surface area contributed by atoms with Gasteiger partial charge in [-0.1, -0.05) is 0 Å². The van der Waals surface area contributed by atoms with E-state index in [1.807, 2.05) is 0 Å². The molecule has 0 saturated heterocycles. The third kappa shape index (κ3) is 0.483. The summed E-state index contributed by atoms with van der Waals surface area (Å²) in [4.78, 5) is 10.3. The number of hydrogen-bond acceptors (Lipinski definition) is 2. The monoisotopic (exact) mass is 124 g/mol. The summed E-state index contributed by atoms with van der Waals surface area (Å²) in [5.74, 6) is -0.0649. The van der Waals surface area contributed by atoms with Crippen molar-refractivity contribution >= 4 is 5.97 Å². The lowest BCUT2D eigenvalue weighted by atomic mass is 10.3. The SMILES string of the molecule is O=C(O)c1coc2c1C2. The molecular weight excluding hydrogens is 120 g/mol. The maximum absolute atomic E-state index is 10.3. The van der Waals surface area contributed by atoms with Gasteiger partial charge in [-0.15, -0.1) is 0 Å². The highest BCUT2D eigenvalue weighted by molar-refractivity contribution is 5.91. The van der Waals surface area contributed by atoms with Crippen LogP contribution >= 0.6 is 0 Å². The molecule has 1 heterocycles. The normalized spacial score (nSPS) is 12.9. The fraction of sp³-hybridized carbons (Fsp3) is 0.167. The van der Waals surface area contributed by atoms with Gasteiger partial charge in [-0.25, -0.2) is 4.79 Å². The summed E-state index contributed by atoms with van der Waals surface area (Å²) in [5, 5.41) is 8.43. The van der Waals surface area contributed by atoms with Gasteiger partial charge in [0.25, 0.3) is 0 Å². The van der Waals surface area contributed by atoms with E-state index in [-0.39, 0.29) is 0 Å². The van der Waals surface area contributed by atoms with Crippen LogP contribution in [0, 0.1) is 0 Å². The van der Waals surface area contributed by atoms with Crippen LogP contribution in [0.1, 0.15) is 21.7 Å². The summed E-state index contributed by atoms with van der Waals surface area (Å²) >= 11 is 0. The van der Waals surface area contributed by atoms with Crippen molar-refractivity contribution in [1.29, 1.82) is 0 Å². The molecule has 1 aliphatic rings. The second-order valence-electron chi connectivity index (χ2n) is 2.03. The molecule has 1 aliphatic carbocycles. The Morgan fingerprint density at radius 2 is 2.56 bits per heavy atom. The Morgan fingerprint density at radius 3 is 2.78 bits per heavy atom. The fourth-order valence-electron chi connectivity index (χ4n) is 0.855. The van der Waals surface area contributed by atoms with Crippen molar-refractivity contribution in [1.82, 2.24) is 0 Å². The summed E-state index contributed by atoms with van der Waals surface area (Å²) in [6, 6.07) is 0. The van der Waals surface area contributed by atoms with Crippen molar-refractivity contribution in [2.75, 3.05) is 0 Å². The predicted octanol–water partition coefficient (Wildman–Crippen LogP) is 0.882. The lowest BCUT2D eigenvalue weighted by molar-refractivity contribution is 0.0695. The standard InChI is InChI=1S/C6H4O3/c7-6(8)4-2-9-5-1-3(4)5/h2H,1H2,(H,7,8). The number of rotatable bonds is 1. The van der Waals surface area contributed by atoms with Gasteiger partial charge in [-0.05, 0) is 0 Å². The number of aromatic carboxylic acids is 1. The second-order valence-corrected chi connectivity index (χ2v) is 2.03. The van der Waals surface area contributed by atoms with Gasteiger partial charge in [0.2, 0.25) is 0 Å². The Morgan fingerprint density at radius 1 is 1.78 bits per heavy atom. The van der Waals surface area contributed by atoms with E-state index in [0.29, 0.717) is 5.56 Å². The first-order chi connectivity index (χ1) is 4.29. The minimum atomic E-state index is -0.891. The Labute approximate surface area is 50.9 Å². The van der Waals surface area contributed by atoms with Crippen molar-refractivity contribution in [3.05, 3.63) is 23.2 Å². The van der Waals surface area contributed by atoms with Crippen molar-refractivity contribution in [2.24, 2.45) is 0 Å². The lowest BCUT2D eigenvalue weighted by Gasteiger charge is -1.82. The summed E-state index contributed by atoms with van der Waals surface area (Å²) < 4.78 is 4.84. The smallest absolute Gasteiger partial charge is 0.339 e. The fourth-order valence-corrected chi connectivity index (χ4v) is 0.855. The third-order valence-electron chi connectivity index (χ3n) is 1.42. The molecule has 0 amide bonds. The van der Waals surface area contributed by atoms with Crippen LogP contribution in [0.2, 0.25) is 0 Å². The topological polar surface area (TPSA) is 50.4 Å². The van der Waals surface area contributed by atoms with E-state index < -0.39 is 5.97 Å². The molecule has 9 heavy (non-hydrogen) atoms. The molecule has 0 radical (unpaired) electrons. The zero-order valence-corrected chi connectivity index (χ0v) is 4.55. The van der Waals surface area contributed by atoms with Crippen LogP contribution in [-0.4, -0.2) is 11.1 Å². The van der Waals surface area contributed by atoms with Crippen LogP contribution in [0.3, 0.4) is 0 Å². The minimum Gasteiger partial charge on any atom is -0.478 e. The van der Waals surface area contributed by atoms with Gasteiger partial charge in [-0.3, -0.25) is 0 Å². The van der Waals surface area contributed by atoms with Gasteiger partial charge in [0.1, 0.15) is 17.6 Å². The largest absolute Gasteiger partial charge is 0.478 e. The Kier molecular flexibility index (Phi) is 0.605. The molecule has 0 atom stereocenters. The molecule has 0 fully saturated rings. The molecule has 0 bridgehead atoms. The number of carbonyl (C=O) groups is 1. The second kappa shape index (κ2) is 1.18. The number of carboxylic acids is 1. The first kappa shape index (κ1) is 4.61. The minimum absolute atomic E-state index is 0.324. The highest BCUT2D eigenvalue weighted by Gasteiger charge is 2.29. The van der Waals surface area contributed by atoms with Crippen molar-refractivity contribution in [2.45, 2.75) is 6.42 Å². The third-order valence-corrected chi connectivity index (χ3v) is 1.42. The Balaban J connectivity index is 2.53. The predicted molar refractivity (Wildman–Crippen MR) is 28.5 cm³/mol. The lowest BCUT2D eigenvalue weighted by Crippen LogP contribution is -1.93. The first-order valence-corrected chi connectivity index (χ1v) is 2.61. The number of furan rings is 1. The molecule has 0 saturated carbocycles. The summed E-state index contributed by atoms with van der Waals surface area (Å²) in [7, 11) is 0. The van der Waals surface area contributed by atoms with Crippen LogP contribution in [0.15, 0.2) is 10.7 Å². The first-order valence-electron chi connectivity index (χ1n) is 2.61. The zero-order valence-electron chi connectivity index (χ0n) is 4.55. The maximum Gasteiger partial charge on any atom is 0.339 e. The van der Waals surface area contributed by atoms with E-state index in [9.17, 15) is 4.79 Å². The number of carboxylic acid groups (broad SMARTS) is 1. The van der Waals surface area contributed by atoms with Crippen molar-refractivity contribution in [3.63, 3.8) is 0 Å². The summed E-state index contributed by atoms with van der Waals surface area (Å²) in [6.45, 7) is 0. The summed E-state index contributed by atoms with van der Waals surface area (Å²) in [5.41, 5.74) is 1.19. The highest BCUT2D eigenvalue weighted by atomic mass is 16.4. The Hall–Kier alpha value is -1.25. The average molecular weight is 124 g/mol. The van der Waals surface area contributed by atoms with Gasteiger partial charge in [0, 0.05) is 12.0 Å². The van der Waals surface area contributed by atoms with Crippen LogP contribution < -0.4 is 0 Å². The van der Waals surface area contributed by atoms with Gasteiger partial charge in [0.15, 0.2) is 0 Å². The van der Waals surface area contributed by atoms with Crippen molar-refractivity contribution in [3.8, 4) is 0 Å². The molecule has 0 unspecified atom stereocenters. The van der Waals surface area contributed by atoms with Crippen molar-refractivity contribution < 1.29 is 14.3 Å². The molecule has 46 valence electrons. The van der Waals surface area contributed by atoms with E-state index in [2.05, 4.69) is 0 Å². The average Bonchev–Trinajstić information content (AvgIpc) is 2.43. The molecular formula is C6H4O3. The van der Waals surface area contributed by atoms with Crippen LogP contribution in [-0.2, 0) is 6.42 Å². The van der Waals surface area contributed by atoms with Gasteiger partial charge in [0.05, 0.1) is 0 Å². The molecule has 1 N–H and O–H groups in total.